The SMILES string of the molecule is CNC(C)c1cccnc1Oc1ccc([N+](=O)[O-])c(F)c1. The minimum absolute atomic E-state index is 0.00315. The van der Waals surface area contributed by atoms with Crippen molar-refractivity contribution < 1.29 is 14.1 Å². The summed E-state index contributed by atoms with van der Waals surface area (Å²) in [4.78, 5) is 13.9. The van der Waals surface area contributed by atoms with E-state index in [0.29, 0.717) is 5.88 Å². The van der Waals surface area contributed by atoms with Gasteiger partial charge >= 0.3 is 5.69 Å². The number of ether oxygens (including phenoxy) is 1. The quantitative estimate of drug-likeness (QED) is 0.676. The first kappa shape index (κ1) is 14.9. The molecular weight excluding hydrogens is 277 g/mol. The van der Waals surface area contributed by atoms with Crippen LogP contribution < -0.4 is 10.1 Å². The first-order chi connectivity index (χ1) is 10.0. The second kappa shape index (κ2) is 6.27. The topological polar surface area (TPSA) is 77.3 Å². The Hall–Kier alpha value is -2.54. The summed E-state index contributed by atoms with van der Waals surface area (Å²) in [5.41, 5.74) is 0.214. The lowest BCUT2D eigenvalue weighted by Crippen LogP contribution is -2.13. The molecule has 1 N–H and O–H groups in total. The third kappa shape index (κ3) is 3.32. The zero-order valence-corrected chi connectivity index (χ0v) is 11.5. The van der Waals surface area contributed by atoms with E-state index in [9.17, 15) is 14.5 Å². The molecule has 0 spiro atoms. The summed E-state index contributed by atoms with van der Waals surface area (Å²) in [6, 6.07) is 6.98. The Bertz CT molecular complexity index is 664. The van der Waals surface area contributed by atoms with Crippen molar-refractivity contribution in [1.29, 1.82) is 0 Å². The van der Waals surface area contributed by atoms with Crippen molar-refractivity contribution in [2.45, 2.75) is 13.0 Å². The molecule has 1 aromatic carbocycles. The molecule has 0 bridgehead atoms. The smallest absolute Gasteiger partial charge is 0.305 e. The van der Waals surface area contributed by atoms with E-state index in [-0.39, 0.29) is 11.8 Å². The summed E-state index contributed by atoms with van der Waals surface area (Å²) in [7, 11) is 1.80. The molecule has 0 saturated heterocycles. The van der Waals surface area contributed by atoms with Crippen LogP contribution in [-0.4, -0.2) is 17.0 Å². The Morgan fingerprint density at radius 1 is 1.43 bits per heavy atom. The van der Waals surface area contributed by atoms with Gasteiger partial charge in [0.05, 0.1) is 4.92 Å². The normalized spacial score (nSPS) is 12.0. The Morgan fingerprint density at radius 3 is 2.81 bits per heavy atom. The second-order valence-electron chi connectivity index (χ2n) is 4.38. The van der Waals surface area contributed by atoms with Crippen LogP contribution in [0.2, 0.25) is 0 Å². The fourth-order valence-corrected chi connectivity index (χ4v) is 1.78. The Kier molecular flexibility index (Phi) is 4.44. The highest BCUT2D eigenvalue weighted by molar-refractivity contribution is 5.40. The van der Waals surface area contributed by atoms with Crippen molar-refractivity contribution in [3.05, 3.63) is 58.0 Å². The summed E-state index contributed by atoms with van der Waals surface area (Å²) in [6.07, 6.45) is 1.56. The van der Waals surface area contributed by atoms with Gasteiger partial charge in [0.1, 0.15) is 5.75 Å². The first-order valence-electron chi connectivity index (χ1n) is 6.27. The van der Waals surface area contributed by atoms with Gasteiger partial charge in [-0.05, 0) is 26.1 Å². The number of halogens is 1. The number of pyridine rings is 1. The number of aromatic nitrogens is 1. The van der Waals surface area contributed by atoms with Crippen molar-refractivity contribution in [3.63, 3.8) is 0 Å². The maximum Gasteiger partial charge on any atom is 0.305 e. The van der Waals surface area contributed by atoms with Gasteiger partial charge in [-0.25, -0.2) is 4.98 Å². The standard InChI is InChI=1S/C14H14FN3O3/c1-9(16-2)11-4-3-7-17-14(11)21-10-5-6-13(18(19)20)12(15)8-10/h3-9,16H,1-2H3. The number of rotatable bonds is 5. The molecule has 0 fully saturated rings. The monoisotopic (exact) mass is 291 g/mol. The number of hydrogen-bond acceptors (Lipinski definition) is 5. The van der Waals surface area contributed by atoms with Crippen LogP contribution in [0.3, 0.4) is 0 Å². The molecule has 0 aliphatic carbocycles. The molecule has 0 radical (unpaired) electrons. The number of nitrogens with one attached hydrogen (secondary N) is 1. The Balaban J connectivity index is 2.31. The van der Waals surface area contributed by atoms with Crippen molar-refractivity contribution >= 4 is 5.69 Å². The van der Waals surface area contributed by atoms with Crippen LogP contribution in [0, 0.1) is 15.9 Å². The lowest BCUT2D eigenvalue weighted by Gasteiger charge is -2.14. The van der Waals surface area contributed by atoms with Crippen molar-refractivity contribution in [2.75, 3.05) is 7.05 Å². The Labute approximate surface area is 120 Å². The molecule has 21 heavy (non-hydrogen) atoms. The van der Waals surface area contributed by atoms with Crippen LogP contribution in [0.15, 0.2) is 36.5 Å². The van der Waals surface area contributed by atoms with Crippen molar-refractivity contribution in [1.82, 2.24) is 10.3 Å². The first-order valence-corrected chi connectivity index (χ1v) is 6.27. The Morgan fingerprint density at radius 2 is 2.19 bits per heavy atom. The molecule has 110 valence electrons. The third-order valence-electron chi connectivity index (χ3n) is 3.03. The van der Waals surface area contributed by atoms with Crippen LogP contribution >= 0.6 is 0 Å². The lowest BCUT2D eigenvalue weighted by molar-refractivity contribution is -0.387. The van der Waals surface area contributed by atoms with Gasteiger partial charge < -0.3 is 10.1 Å². The van der Waals surface area contributed by atoms with E-state index in [2.05, 4.69) is 10.3 Å². The predicted molar refractivity (Wildman–Crippen MR) is 74.8 cm³/mol. The summed E-state index contributed by atoms with van der Waals surface area (Å²) in [5.74, 6) is -0.467. The van der Waals surface area contributed by atoms with E-state index in [0.717, 1.165) is 17.7 Å². The number of nitrogens with zero attached hydrogens (tertiary/aromatic N) is 2. The highest BCUT2D eigenvalue weighted by Gasteiger charge is 2.16. The van der Waals surface area contributed by atoms with E-state index in [1.807, 2.05) is 13.0 Å². The summed E-state index contributed by atoms with van der Waals surface area (Å²) in [5, 5.41) is 13.6. The second-order valence-corrected chi connectivity index (χ2v) is 4.38. The van der Waals surface area contributed by atoms with E-state index < -0.39 is 16.4 Å². The third-order valence-corrected chi connectivity index (χ3v) is 3.03. The minimum atomic E-state index is -0.948. The zero-order chi connectivity index (χ0) is 15.4. The number of nitro groups is 1. The molecule has 2 rings (SSSR count). The minimum Gasteiger partial charge on any atom is -0.439 e. The van der Waals surface area contributed by atoms with Crippen molar-refractivity contribution in [3.8, 4) is 11.6 Å². The summed E-state index contributed by atoms with van der Waals surface area (Å²) >= 11 is 0. The van der Waals surface area contributed by atoms with Crippen LogP contribution in [0.4, 0.5) is 10.1 Å². The van der Waals surface area contributed by atoms with Crippen LogP contribution in [0.5, 0.6) is 11.6 Å². The van der Waals surface area contributed by atoms with Gasteiger partial charge in [-0.2, -0.15) is 4.39 Å². The van der Waals surface area contributed by atoms with Gasteiger partial charge in [0.2, 0.25) is 11.7 Å². The molecule has 0 amide bonds. The average molecular weight is 291 g/mol. The summed E-state index contributed by atoms with van der Waals surface area (Å²) in [6.45, 7) is 1.93. The lowest BCUT2D eigenvalue weighted by atomic mass is 10.1. The molecule has 0 aliphatic heterocycles. The molecular formula is C14H14FN3O3. The van der Waals surface area contributed by atoms with Gasteiger partial charge in [-0.3, -0.25) is 10.1 Å². The van der Waals surface area contributed by atoms with Crippen LogP contribution in [0.1, 0.15) is 18.5 Å². The molecule has 0 saturated carbocycles. The number of hydrogen-bond donors (Lipinski definition) is 1. The van der Waals surface area contributed by atoms with Crippen molar-refractivity contribution in [2.24, 2.45) is 0 Å². The molecule has 1 heterocycles. The van der Waals surface area contributed by atoms with E-state index >= 15 is 0 Å². The van der Waals surface area contributed by atoms with Gasteiger partial charge in [-0.1, -0.05) is 6.07 Å². The molecule has 6 nitrogen and oxygen atoms in total. The van der Waals surface area contributed by atoms with Gasteiger partial charge in [0.15, 0.2) is 0 Å². The van der Waals surface area contributed by atoms with Gasteiger partial charge in [0, 0.05) is 29.9 Å². The molecule has 0 aliphatic rings. The fourth-order valence-electron chi connectivity index (χ4n) is 1.78. The van der Waals surface area contributed by atoms with E-state index in [4.69, 9.17) is 4.74 Å². The fraction of sp³-hybridized carbons (Fsp3) is 0.214. The van der Waals surface area contributed by atoms with Crippen LogP contribution in [0.25, 0.3) is 0 Å². The maximum absolute atomic E-state index is 13.6. The largest absolute Gasteiger partial charge is 0.439 e. The maximum atomic E-state index is 13.6. The van der Waals surface area contributed by atoms with Crippen LogP contribution in [-0.2, 0) is 0 Å². The molecule has 1 atom stereocenters. The number of nitro benzene ring substituents is 1. The van der Waals surface area contributed by atoms with Gasteiger partial charge in [-0.15, -0.1) is 0 Å². The highest BCUT2D eigenvalue weighted by Crippen LogP contribution is 2.29. The molecule has 1 aromatic heterocycles. The highest BCUT2D eigenvalue weighted by atomic mass is 19.1. The van der Waals surface area contributed by atoms with E-state index in [1.165, 1.54) is 6.07 Å². The summed E-state index contributed by atoms with van der Waals surface area (Å²) < 4.78 is 19.1. The molecule has 2 aromatic rings. The predicted octanol–water partition coefficient (Wildman–Crippen LogP) is 3.20. The molecule has 1 unspecified atom stereocenters. The van der Waals surface area contributed by atoms with Gasteiger partial charge in [0.25, 0.3) is 0 Å². The number of benzene rings is 1. The average Bonchev–Trinajstić information content (AvgIpc) is 2.46. The van der Waals surface area contributed by atoms with E-state index in [1.54, 1.807) is 19.3 Å². The molecule has 7 heteroatoms. The zero-order valence-electron chi connectivity index (χ0n) is 11.5.